The number of thiazole rings is 1. The maximum atomic E-state index is 14.1. The van der Waals surface area contributed by atoms with Gasteiger partial charge in [0.15, 0.2) is 0 Å². The summed E-state index contributed by atoms with van der Waals surface area (Å²) in [6.45, 7) is 1.66. The van der Waals surface area contributed by atoms with E-state index >= 15 is 0 Å². The van der Waals surface area contributed by atoms with E-state index in [1.54, 1.807) is 37.4 Å². The maximum Gasteiger partial charge on any atom is 0.418 e. The van der Waals surface area contributed by atoms with Gasteiger partial charge >= 0.3 is 6.18 Å². The molecule has 9 nitrogen and oxygen atoms in total. The number of aromatic nitrogens is 5. The van der Waals surface area contributed by atoms with Crippen LogP contribution in [-0.2, 0) is 6.18 Å². The van der Waals surface area contributed by atoms with Gasteiger partial charge in [-0.1, -0.05) is 17.7 Å². The van der Waals surface area contributed by atoms with Gasteiger partial charge in [0.2, 0.25) is 5.95 Å². The van der Waals surface area contributed by atoms with E-state index in [1.165, 1.54) is 22.3 Å². The van der Waals surface area contributed by atoms with E-state index in [0.717, 1.165) is 17.5 Å². The average Bonchev–Trinajstić information content (AvgIpc) is 3.57. The van der Waals surface area contributed by atoms with Gasteiger partial charge in [0, 0.05) is 35.1 Å². The molecule has 0 saturated heterocycles. The van der Waals surface area contributed by atoms with Crippen LogP contribution in [0.15, 0.2) is 60.5 Å². The van der Waals surface area contributed by atoms with E-state index < -0.39 is 40.6 Å². The maximum absolute atomic E-state index is 14.1. The molecule has 5 rings (SSSR count). The van der Waals surface area contributed by atoms with Crippen LogP contribution in [-0.4, -0.2) is 36.4 Å². The lowest BCUT2D eigenvalue weighted by atomic mass is 10.1. The molecule has 5 aromatic rings. The summed E-state index contributed by atoms with van der Waals surface area (Å²) in [4.78, 5) is 37.1. The monoisotopic (exact) mass is 589 g/mol. The van der Waals surface area contributed by atoms with Crippen LogP contribution in [0.25, 0.3) is 16.6 Å². The van der Waals surface area contributed by atoms with Crippen LogP contribution in [0, 0.1) is 5.95 Å². The van der Waals surface area contributed by atoms with E-state index in [-0.39, 0.29) is 22.6 Å². The molecule has 40 heavy (non-hydrogen) atoms. The first-order valence-electron chi connectivity index (χ1n) is 11.4. The number of alkyl halides is 3. The predicted octanol–water partition coefficient (Wildman–Crippen LogP) is 5.80. The zero-order valence-electron chi connectivity index (χ0n) is 20.2. The normalized spacial score (nSPS) is 12.3. The molecule has 0 bridgehead atoms. The summed E-state index contributed by atoms with van der Waals surface area (Å²) in [7, 11) is 0. The Morgan fingerprint density at radius 3 is 2.67 bits per heavy atom. The quantitative estimate of drug-likeness (QED) is 0.191. The molecular formula is C25H16ClF4N7O2S. The minimum Gasteiger partial charge on any atom is -0.343 e. The molecule has 2 N–H and O–H groups in total. The largest absolute Gasteiger partial charge is 0.418 e. The summed E-state index contributed by atoms with van der Waals surface area (Å²) >= 11 is 6.64. The van der Waals surface area contributed by atoms with Crippen LogP contribution in [0.1, 0.15) is 44.4 Å². The number of hydrogen-bond donors (Lipinski definition) is 2. The van der Waals surface area contributed by atoms with Gasteiger partial charge in [0.05, 0.1) is 33.9 Å². The minimum atomic E-state index is -4.72. The number of nitrogens with zero attached hydrogens (tertiary/aromatic N) is 5. The second-order valence-electron chi connectivity index (χ2n) is 8.42. The van der Waals surface area contributed by atoms with Gasteiger partial charge in [0.1, 0.15) is 16.5 Å². The van der Waals surface area contributed by atoms with Crippen LogP contribution in [0.4, 0.5) is 23.4 Å². The van der Waals surface area contributed by atoms with Crippen molar-refractivity contribution in [1.82, 2.24) is 29.9 Å². The van der Waals surface area contributed by atoms with Crippen LogP contribution in [0.2, 0.25) is 5.02 Å². The fourth-order valence-corrected chi connectivity index (χ4v) is 4.77. The van der Waals surface area contributed by atoms with Crippen molar-refractivity contribution < 1.29 is 27.2 Å². The average molecular weight is 590 g/mol. The van der Waals surface area contributed by atoms with Gasteiger partial charge in [-0.15, -0.1) is 11.3 Å². The first kappa shape index (κ1) is 27.1. The van der Waals surface area contributed by atoms with Gasteiger partial charge in [0.25, 0.3) is 11.8 Å². The first-order valence-corrected chi connectivity index (χ1v) is 12.7. The van der Waals surface area contributed by atoms with Crippen LogP contribution < -0.4 is 10.6 Å². The Balaban J connectivity index is 1.27. The minimum absolute atomic E-state index is 0.0717. The third kappa shape index (κ3) is 5.49. The second kappa shape index (κ2) is 10.6. The predicted molar refractivity (Wildman–Crippen MR) is 139 cm³/mol. The van der Waals surface area contributed by atoms with Crippen LogP contribution >= 0.6 is 22.9 Å². The number of halogens is 5. The third-order valence-corrected chi connectivity index (χ3v) is 7.03. The molecule has 5 heterocycles. The SMILES string of the molecule is CC(NC(=O)c1cnn2cc(-c3cccnc3F)ccc12)c1nc(C(=O)Nc2cc(C(F)(F)F)c(Cl)cn2)cs1. The van der Waals surface area contributed by atoms with Crippen molar-refractivity contribution in [3.63, 3.8) is 0 Å². The smallest absolute Gasteiger partial charge is 0.343 e. The number of carbonyl (C=O) groups is 2. The highest BCUT2D eigenvalue weighted by Gasteiger charge is 2.34. The Hall–Kier alpha value is -4.43. The molecule has 0 radical (unpaired) electrons. The Kier molecular flexibility index (Phi) is 7.21. The van der Waals surface area contributed by atoms with Gasteiger partial charge in [-0.25, -0.2) is 19.5 Å². The lowest BCUT2D eigenvalue weighted by Gasteiger charge is -2.11. The topological polar surface area (TPSA) is 114 Å². The zero-order chi connectivity index (χ0) is 28.6. The van der Waals surface area contributed by atoms with Crippen molar-refractivity contribution in [3.8, 4) is 11.1 Å². The molecule has 0 aliphatic heterocycles. The highest BCUT2D eigenvalue weighted by atomic mass is 35.5. The zero-order valence-corrected chi connectivity index (χ0v) is 21.8. The molecular weight excluding hydrogens is 574 g/mol. The van der Waals surface area contributed by atoms with Crippen molar-refractivity contribution in [2.75, 3.05) is 5.32 Å². The molecule has 1 unspecified atom stereocenters. The summed E-state index contributed by atoms with van der Waals surface area (Å²) in [5.74, 6) is -2.23. The van der Waals surface area contributed by atoms with Gasteiger partial charge in [-0.05, 0) is 31.2 Å². The van der Waals surface area contributed by atoms with Crippen molar-refractivity contribution in [2.24, 2.45) is 0 Å². The fourth-order valence-electron chi connectivity index (χ4n) is 3.75. The second-order valence-corrected chi connectivity index (χ2v) is 9.71. The molecule has 0 aliphatic carbocycles. The molecule has 2 amide bonds. The Labute approximate surface area is 231 Å². The molecule has 0 spiro atoms. The fraction of sp³-hybridized carbons (Fsp3) is 0.120. The van der Waals surface area contributed by atoms with Gasteiger partial charge < -0.3 is 10.6 Å². The van der Waals surface area contributed by atoms with Crippen LogP contribution in [0.5, 0.6) is 0 Å². The number of anilines is 1. The summed E-state index contributed by atoms with van der Waals surface area (Å²) in [5, 5.41) is 10.4. The highest BCUT2D eigenvalue weighted by Crippen LogP contribution is 2.35. The molecule has 0 saturated carbocycles. The molecule has 0 fully saturated rings. The summed E-state index contributed by atoms with van der Waals surface area (Å²) in [6, 6.07) is 6.48. The number of pyridine rings is 3. The number of fused-ring (bicyclic) bond motifs is 1. The summed E-state index contributed by atoms with van der Waals surface area (Å²) in [5.41, 5.74) is 0.342. The molecule has 204 valence electrons. The highest BCUT2D eigenvalue weighted by molar-refractivity contribution is 7.09. The van der Waals surface area contributed by atoms with Crippen molar-refractivity contribution in [3.05, 3.63) is 93.3 Å². The van der Waals surface area contributed by atoms with Crippen molar-refractivity contribution >= 4 is 46.1 Å². The Morgan fingerprint density at radius 1 is 1.12 bits per heavy atom. The number of rotatable bonds is 6. The lowest BCUT2D eigenvalue weighted by Crippen LogP contribution is -2.26. The lowest BCUT2D eigenvalue weighted by molar-refractivity contribution is -0.137. The Bertz CT molecular complexity index is 1750. The number of nitrogens with one attached hydrogen (secondary N) is 2. The standard InChI is InChI=1S/C25H16ClF4N7O2S/c1-12(24-35-18(11-40-24)23(39)36-20-7-16(25(28,29)30)17(26)9-32-20)34-22(38)15-8-33-37-10-13(4-5-19(15)37)14-3-2-6-31-21(14)27/h2-12H,1H3,(H,34,38)(H,32,36,39). The first-order chi connectivity index (χ1) is 19.0. The number of amides is 2. The molecule has 5 aromatic heterocycles. The van der Waals surface area contributed by atoms with Crippen LogP contribution in [0.3, 0.4) is 0 Å². The van der Waals surface area contributed by atoms with Crippen molar-refractivity contribution in [2.45, 2.75) is 19.1 Å². The molecule has 0 aromatic carbocycles. The van der Waals surface area contributed by atoms with E-state index in [2.05, 4.69) is 30.7 Å². The number of hydrogen-bond acceptors (Lipinski definition) is 7. The van der Waals surface area contributed by atoms with Gasteiger partial charge in [-0.2, -0.15) is 22.7 Å². The van der Waals surface area contributed by atoms with E-state index in [9.17, 15) is 27.2 Å². The Morgan fingerprint density at radius 2 is 1.93 bits per heavy atom. The van der Waals surface area contributed by atoms with Crippen molar-refractivity contribution in [1.29, 1.82) is 0 Å². The van der Waals surface area contributed by atoms with E-state index in [0.29, 0.717) is 22.2 Å². The molecule has 1 atom stereocenters. The van der Waals surface area contributed by atoms with E-state index in [1.807, 2.05) is 0 Å². The summed E-state index contributed by atoms with van der Waals surface area (Å²) < 4.78 is 54.8. The number of carbonyl (C=O) groups excluding carboxylic acids is 2. The van der Waals surface area contributed by atoms with Gasteiger partial charge in [-0.3, -0.25) is 9.59 Å². The molecule has 15 heteroatoms. The molecule has 0 aliphatic rings. The third-order valence-electron chi connectivity index (χ3n) is 5.71. The van der Waals surface area contributed by atoms with E-state index in [4.69, 9.17) is 11.6 Å². The summed E-state index contributed by atoms with van der Waals surface area (Å²) in [6.07, 6.45) is 0.366.